The number of unbranched alkanes of at least 4 members (excludes halogenated alkanes) is 3. The molecule has 3 aromatic rings. The molecule has 3 aromatic carbocycles. The smallest absolute Gasteiger partial charge is 0.259 e. The number of carbonyl (C=O) groups is 2. The first kappa shape index (κ1) is 44.7. The highest BCUT2D eigenvalue weighted by molar-refractivity contribution is 7.44. The summed E-state index contributed by atoms with van der Waals surface area (Å²) in [5, 5.41) is 21.5. The number of nitrogens with one attached hydrogen (secondary N) is 1. The van der Waals surface area contributed by atoms with E-state index in [4.69, 9.17) is 23.8 Å². The third-order valence-electron chi connectivity index (χ3n) is 9.03. The quantitative estimate of drug-likeness (QED) is 0.0446. The van der Waals surface area contributed by atoms with E-state index in [0.717, 1.165) is 53.7 Å². The minimum Gasteiger partial charge on any atom is -0.497 e. The third-order valence-corrected chi connectivity index (χ3v) is 11.1. The van der Waals surface area contributed by atoms with Gasteiger partial charge in [0.05, 0.1) is 39.4 Å². The van der Waals surface area contributed by atoms with Crippen LogP contribution in [0.2, 0.25) is 0 Å². The molecule has 0 fully saturated rings. The average molecular weight is 762 g/mol. The Labute approximate surface area is 324 Å². The van der Waals surface area contributed by atoms with Crippen LogP contribution >= 0.6 is 8.53 Å². The number of carbonyl (C=O) groups excluding carboxylic acids is 2. The molecule has 2 unspecified atom stereocenters. The Hall–Kier alpha value is -3.68. The Morgan fingerprint density at radius 3 is 2.00 bits per heavy atom. The summed E-state index contributed by atoms with van der Waals surface area (Å²) in [4.78, 5) is 25.1. The predicted octanol–water partition coefficient (Wildman–Crippen LogP) is 8.59. The van der Waals surface area contributed by atoms with E-state index in [1.165, 1.54) is 0 Å². The second kappa shape index (κ2) is 24.7. The molecular formula is C43H60N3O7P. The number of hydrogen-bond acceptors (Lipinski definition) is 9. The van der Waals surface area contributed by atoms with Crippen LogP contribution in [0.3, 0.4) is 0 Å². The largest absolute Gasteiger partial charge is 0.497 e. The van der Waals surface area contributed by atoms with E-state index in [0.29, 0.717) is 45.6 Å². The van der Waals surface area contributed by atoms with Crippen molar-refractivity contribution in [1.29, 1.82) is 5.26 Å². The number of rotatable bonds is 27. The van der Waals surface area contributed by atoms with Crippen LogP contribution in [0.4, 0.5) is 0 Å². The number of hydrogen-bond donors (Lipinski definition) is 2. The molecule has 3 rings (SSSR count). The molecular weight excluding hydrogens is 701 g/mol. The molecule has 294 valence electrons. The number of benzene rings is 3. The SMILES string of the molecule is COc1ccc(C(OCCCCNC(=O)CCC(=O)CCCCCOP(OCCC#N)N(C(C)C)C(C)C)(c2ccccc2)c2ccc(CO)cc2)cc1. The summed E-state index contributed by atoms with van der Waals surface area (Å²) in [5.41, 5.74) is 2.78. The number of aliphatic hydroxyl groups excluding tert-OH is 1. The molecule has 0 spiro atoms. The van der Waals surface area contributed by atoms with Crippen molar-refractivity contribution < 1.29 is 33.2 Å². The summed E-state index contributed by atoms with van der Waals surface area (Å²) in [6, 6.07) is 28.4. The molecule has 0 radical (unpaired) electrons. The zero-order chi connectivity index (χ0) is 39.2. The van der Waals surface area contributed by atoms with Crippen molar-refractivity contribution >= 4 is 20.2 Å². The van der Waals surface area contributed by atoms with Gasteiger partial charge in [-0.25, -0.2) is 4.67 Å². The molecule has 2 atom stereocenters. The predicted molar refractivity (Wildman–Crippen MR) is 214 cm³/mol. The van der Waals surface area contributed by atoms with Gasteiger partial charge in [0.25, 0.3) is 8.53 Å². The fraction of sp³-hybridized carbons (Fsp3) is 0.512. The van der Waals surface area contributed by atoms with Crippen molar-refractivity contribution in [2.24, 2.45) is 0 Å². The fourth-order valence-corrected chi connectivity index (χ4v) is 7.93. The van der Waals surface area contributed by atoms with E-state index >= 15 is 0 Å². The van der Waals surface area contributed by atoms with Crippen molar-refractivity contribution in [3.63, 3.8) is 0 Å². The van der Waals surface area contributed by atoms with E-state index in [-0.39, 0.29) is 43.2 Å². The molecule has 0 aliphatic heterocycles. The van der Waals surface area contributed by atoms with Crippen molar-refractivity contribution in [3.8, 4) is 11.8 Å². The van der Waals surface area contributed by atoms with Crippen molar-refractivity contribution in [1.82, 2.24) is 9.99 Å². The lowest BCUT2D eigenvalue weighted by Gasteiger charge is -2.36. The van der Waals surface area contributed by atoms with Crippen LogP contribution in [0, 0.1) is 11.3 Å². The average Bonchev–Trinajstić information content (AvgIpc) is 3.18. The highest BCUT2D eigenvalue weighted by atomic mass is 31.2. The lowest BCUT2D eigenvalue weighted by atomic mass is 9.79. The topological polar surface area (TPSA) is 130 Å². The molecule has 0 saturated carbocycles. The van der Waals surface area contributed by atoms with Crippen LogP contribution in [0.15, 0.2) is 78.9 Å². The number of methoxy groups -OCH3 is 1. The number of amides is 1. The minimum atomic E-state index is -1.26. The molecule has 54 heavy (non-hydrogen) atoms. The first-order valence-electron chi connectivity index (χ1n) is 19.2. The molecule has 10 nitrogen and oxygen atoms in total. The Kier molecular flexibility index (Phi) is 20.4. The Bertz CT molecular complexity index is 1490. The number of ketones is 1. The van der Waals surface area contributed by atoms with Gasteiger partial charge in [0.1, 0.15) is 17.1 Å². The monoisotopic (exact) mass is 761 g/mol. The highest BCUT2D eigenvalue weighted by Gasteiger charge is 2.37. The van der Waals surface area contributed by atoms with E-state index in [1.807, 2.05) is 66.7 Å². The third kappa shape index (κ3) is 14.2. The summed E-state index contributed by atoms with van der Waals surface area (Å²) in [6.07, 6.45) is 5.03. The molecule has 0 aliphatic rings. The summed E-state index contributed by atoms with van der Waals surface area (Å²) in [6.45, 7) is 10.2. The van der Waals surface area contributed by atoms with Gasteiger partial charge in [0, 0.05) is 44.5 Å². The van der Waals surface area contributed by atoms with Crippen LogP contribution in [-0.4, -0.2) is 67.0 Å². The summed E-state index contributed by atoms with van der Waals surface area (Å²) in [7, 11) is 0.387. The lowest BCUT2D eigenvalue weighted by Crippen LogP contribution is -2.33. The molecule has 0 heterocycles. The maximum absolute atomic E-state index is 12.6. The number of nitriles is 1. The second-order valence-corrected chi connectivity index (χ2v) is 15.2. The molecule has 0 saturated heterocycles. The maximum Gasteiger partial charge on any atom is 0.259 e. The first-order chi connectivity index (χ1) is 26.2. The van der Waals surface area contributed by atoms with Gasteiger partial charge in [0.2, 0.25) is 5.91 Å². The summed E-state index contributed by atoms with van der Waals surface area (Å²) in [5.74, 6) is 0.721. The van der Waals surface area contributed by atoms with Gasteiger partial charge in [-0.05, 0) is 87.8 Å². The van der Waals surface area contributed by atoms with Gasteiger partial charge in [0.15, 0.2) is 0 Å². The molecule has 2 N–H and O–H groups in total. The van der Waals surface area contributed by atoms with Gasteiger partial charge >= 0.3 is 0 Å². The van der Waals surface area contributed by atoms with Gasteiger partial charge in [-0.3, -0.25) is 9.59 Å². The molecule has 11 heteroatoms. The van der Waals surface area contributed by atoms with Crippen molar-refractivity contribution in [2.45, 2.75) is 110 Å². The van der Waals surface area contributed by atoms with Crippen LogP contribution < -0.4 is 10.1 Å². The summed E-state index contributed by atoms with van der Waals surface area (Å²) >= 11 is 0. The maximum atomic E-state index is 12.6. The van der Waals surface area contributed by atoms with E-state index in [2.05, 4.69) is 55.9 Å². The molecule has 1 amide bonds. The van der Waals surface area contributed by atoms with E-state index < -0.39 is 14.1 Å². The zero-order valence-corrected chi connectivity index (χ0v) is 33.7. The van der Waals surface area contributed by atoms with Gasteiger partial charge < -0.3 is 28.9 Å². The Balaban J connectivity index is 1.42. The van der Waals surface area contributed by atoms with Crippen LogP contribution in [-0.2, 0) is 35.6 Å². The number of ether oxygens (including phenoxy) is 2. The number of aliphatic hydroxyl groups is 1. The van der Waals surface area contributed by atoms with Crippen molar-refractivity contribution in [3.05, 3.63) is 101 Å². The van der Waals surface area contributed by atoms with Crippen LogP contribution in [0.5, 0.6) is 5.75 Å². The van der Waals surface area contributed by atoms with Crippen molar-refractivity contribution in [2.75, 3.05) is 33.5 Å². The van der Waals surface area contributed by atoms with E-state index in [9.17, 15) is 14.7 Å². The lowest BCUT2D eigenvalue weighted by molar-refractivity contribution is -0.125. The van der Waals surface area contributed by atoms with Gasteiger partial charge in [-0.15, -0.1) is 0 Å². The Morgan fingerprint density at radius 1 is 0.778 bits per heavy atom. The van der Waals surface area contributed by atoms with Crippen LogP contribution in [0.25, 0.3) is 0 Å². The fourth-order valence-electron chi connectivity index (χ4n) is 6.30. The number of nitrogens with zero attached hydrogens (tertiary/aromatic N) is 2. The number of Topliss-reactive ketones (excluding diaryl/α,β-unsaturated/α-hetero) is 1. The molecule has 0 aromatic heterocycles. The first-order valence-corrected chi connectivity index (χ1v) is 20.3. The Morgan fingerprint density at radius 2 is 1.39 bits per heavy atom. The molecule has 0 bridgehead atoms. The minimum absolute atomic E-state index is 0.0431. The zero-order valence-electron chi connectivity index (χ0n) is 32.8. The summed E-state index contributed by atoms with van der Waals surface area (Å²) < 4.78 is 26.5. The normalized spacial score (nSPS) is 13.1. The molecule has 0 aliphatic carbocycles. The van der Waals surface area contributed by atoms with Crippen LogP contribution in [0.1, 0.15) is 108 Å². The van der Waals surface area contributed by atoms with Gasteiger partial charge in [-0.2, -0.15) is 5.26 Å². The highest BCUT2D eigenvalue weighted by Crippen LogP contribution is 2.46. The second-order valence-electron chi connectivity index (χ2n) is 13.8. The van der Waals surface area contributed by atoms with E-state index in [1.54, 1.807) is 7.11 Å². The standard InChI is InChI=1S/C43H60N3O7P/c1-34(2)46(35(3)4)54(53-32-14-28-44)52-31-12-7-10-17-40(48)24-27-42(49)45-29-11-13-30-51-43(37-15-8-6-9-16-37,38-20-18-36(33-47)19-21-38)39-22-25-41(50-5)26-23-39/h6,8-9,15-16,18-23,25-26,34-35,47H,7,10-14,17,24,27,29-33H2,1-5H3,(H,45,49). The van der Waals surface area contributed by atoms with Gasteiger partial charge in [-0.1, -0.05) is 73.2 Å².